The molecular formula is C22H28N2O4S. The number of methoxy groups -OCH3 is 2. The van der Waals surface area contributed by atoms with Gasteiger partial charge in [-0.15, -0.1) is 11.3 Å². The van der Waals surface area contributed by atoms with E-state index < -0.39 is 6.04 Å². The van der Waals surface area contributed by atoms with E-state index in [2.05, 4.69) is 0 Å². The van der Waals surface area contributed by atoms with Crippen LogP contribution in [0.15, 0.2) is 35.7 Å². The number of piperidine rings is 1. The first-order valence-corrected chi connectivity index (χ1v) is 10.8. The second-order valence-corrected chi connectivity index (χ2v) is 7.98. The van der Waals surface area contributed by atoms with Crippen molar-refractivity contribution in [2.75, 3.05) is 27.3 Å². The van der Waals surface area contributed by atoms with Gasteiger partial charge in [0.25, 0.3) is 5.91 Å². The number of amides is 2. The minimum absolute atomic E-state index is 0.00638. The largest absolute Gasteiger partial charge is 0.493 e. The lowest BCUT2D eigenvalue weighted by atomic mass is 10.00. The molecule has 0 bridgehead atoms. The quantitative estimate of drug-likeness (QED) is 0.689. The third kappa shape index (κ3) is 4.72. The van der Waals surface area contributed by atoms with Gasteiger partial charge < -0.3 is 19.3 Å². The molecule has 6 nitrogen and oxygen atoms in total. The van der Waals surface area contributed by atoms with Crippen LogP contribution in [0.2, 0.25) is 0 Å². The number of rotatable bonds is 7. The first-order valence-electron chi connectivity index (χ1n) is 9.93. The number of benzene rings is 1. The summed E-state index contributed by atoms with van der Waals surface area (Å²) in [6, 6.07) is 8.97. The molecule has 1 unspecified atom stereocenters. The maximum absolute atomic E-state index is 13.4. The molecule has 3 rings (SSSR count). The van der Waals surface area contributed by atoms with Crippen LogP contribution in [0.25, 0.3) is 0 Å². The molecule has 1 aliphatic rings. The number of likely N-dealkylation sites (N-methyl/N-ethyl adjacent to an activating group) is 1. The van der Waals surface area contributed by atoms with Crippen molar-refractivity contribution in [3.8, 4) is 11.5 Å². The van der Waals surface area contributed by atoms with Gasteiger partial charge in [0.2, 0.25) is 5.91 Å². The number of carbonyl (C=O) groups is 2. The van der Waals surface area contributed by atoms with Gasteiger partial charge in [0, 0.05) is 19.6 Å². The molecule has 0 N–H and O–H groups in total. The SMILES string of the molecule is CCN(Cc1ccc(OC)c(OC)c1)C(=O)C1CCCCN1C(=O)c1cccs1. The molecule has 1 aliphatic heterocycles. The third-order valence-corrected chi connectivity index (χ3v) is 6.15. The molecule has 156 valence electrons. The average molecular weight is 417 g/mol. The summed E-state index contributed by atoms with van der Waals surface area (Å²) in [5.41, 5.74) is 0.963. The Kier molecular flexibility index (Phi) is 7.14. The maximum Gasteiger partial charge on any atom is 0.264 e. The fourth-order valence-electron chi connectivity index (χ4n) is 3.73. The van der Waals surface area contributed by atoms with Crippen molar-refractivity contribution >= 4 is 23.2 Å². The lowest BCUT2D eigenvalue weighted by molar-refractivity contribution is -0.137. The third-order valence-electron chi connectivity index (χ3n) is 5.30. The molecule has 1 saturated heterocycles. The Hall–Kier alpha value is -2.54. The molecule has 0 radical (unpaired) electrons. The van der Waals surface area contributed by atoms with Gasteiger partial charge in [0.1, 0.15) is 6.04 Å². The molecule has 2 aromatic rings. The maximum atomic E-state index is 13.4. The summed E-state index contributed by atoms with van der Waals surface area (Å²) >= 11 is 1.42. The highest BCUT2D eigenvalue weighted by atomic mass is 32.1. The molecule has 0 saturated carbocycles. The van der Waals surface area contributed by atoms with Crippen molar-refractivity contribution in [3.63, 3.8) is 0 Å². The minimum Gasteiger partial charge on any atom is -0.493 e. The van der Waals surface area contributed by atoms with E-state index in [1.54, 1.807) is 19.1 Å². The summed E-state index contributed by atoms with van der Waals surface area (Å²) in [7, 11) is 3.20. The van der Waals surface area contributed by atoms with Gasteiger partial charge in [-0.3, -0.25) is 9.59 Å². The van der Waals surface area contributed by atoms with Crippen LogP contribution >= 0.6 is 11.3 Å². The Labute approximate surface area is 176 Å². The molecule has 1 fully saturated rings. The lowest BCUT2D eigenvalue weighted by Crippen LogP contribution is -2.52. The summed E-state index contributed by atoms with van der Waals surface area (Å²) < 4.78 is 10.7. The van der Waals surface area contributed by atoms with E-state index in [-0.39, 0.29) is 11.8 Å². The van der Waals surface area contributed by atoms with E-state index in [9.17, 15) is 9.59 Å². The van der Waals surface area contributed by atoms with Gasteiger partial charge in [-0.1, -0.05) is 12.1 Å². The zero-order valence-corrected chi connectivity index (χ0v) is 18.0. The zero-order chi connectivity index (χ0) is 20.8. The van der Waals surface area contributed by atoms with E-state index >= 15 is 0 Å². The van der Waals surface area contributed by atoms with E-state index in [4.69, 9.17) is 9.47 Å². The van der Waals surface area contributed by atoms with Gasteiger partial charge in [0.15, 0.2) is 11.5 Å². The Morgan fingerprint density at radius 1 is 1.17 bits per heavy atom. The van der Waals surface area contributed by atoms with Gasteiger partial charge in [-0.25, -0.2) is 0 Å². The van der Waals surface area contributed by atoms with Crippen LogP contribution in [0.1, 0.15) is 41.4 Å². The number of hydrogen-bond acceptors (Lipinski definition) is 5. The van der Waals surface area contributed by atoms with Crippen LogP contribution in [0.3, 0.4) is 0 Å². The minimum atomic E-state index is -0.404. The van der Waals surface area contributed by atoms with Crippen LogP contribution in [-0.2, 0) is 11.3 Å². The van der Waals surface area contributed by atoms with Gasteiger partial charge in [-0.2, -0.15) is 0 Å². The highest BCUT2D eigenvalue weighted by Crippen LogP contribution is 2.29. The second-order valence-electron chi connectivity index (χ2n) is 7.03. The number of carbonyl (C=O) groups excluding carboxylic acids is 2. The molecule has 2 amide bonds. The average Bonchev–Trinajstić information content (AvgIpc) is 3.31. The standard InChI is InChI=1S/C22H28N2O4S/c1-4-23(15-16-10-11-18(27-2)19(14-16)28-3)21(25)17-8-5-6-12-24(17)22(26)20-9-7-13-29-20/h7,9-11,13-14,17H,4-6,8,12,15H2,1-3H3. The Bertz CT molecular complexity index is 837. The van der Waals surface area contributed by atoms with Crippen molar-refractivity contribution in [1.82, 2.24) is 9.80 Å². The zero-order valence-electron chi connectivity index (χ0n) is 17.2. The van der Waals surface area contributed by atoms with Crippen molar-refractivity contribution in [2.45, 2.75) is 38.8 Å². The molecule has 1 aromatic heterocycles. The van der Waals surface area contributed by atoms with E-state index in [1.807, 2.05) is 47.5 Å². The van der Waals surface area contributed by atoms with Crippen LogP contribution in [0, 0.1) is 0 Å². The molecule has 0 aliphatic carbocycles. The molecule has 0 spiro atoms. The highest BCUT2D eigenvalue weighted by Gasteiger charge is 2.35. The summed E-state index contributed by atoms with van der Waals surface area (Å²) in [4.78, 5) is 30.6. The Balaban J connectivity index is 1.77. The molecule has 2 heterocycles. The van der Waals surface area contributed by atoms with Gasteiger partial charge in [0.05, 0.1) is 19.1 Å². The molecule has 29 heavy (non-hydrogen) atoms. The first-order chi connectivity index (χ1) is 14.1. The highest BCUT2D eigenvalue weighted by molar-refractivity contribution is 7.12. The Morgan fingerprint density at radius 3 is 2.62 bits per heavy atom. The predicted octanol–water partition coefficient (Wildman–Crippen LogP) is 3.81. The molecule has 1 aromatic carbocycles. The van der Waals surface area contributed by atoms with Crippen LogP contribution < -0.4 is 9.47 Å². The summed E-state index contributed by atoms with van der Waals surface area (Å²) in [6.45, 7) is 3.63. The molecular weight excluding hydrogens is 388 g/mol. The number of likely N-dealkylation sites (tertiary alicyclic amines) is 1. The lowest BCUT2D eigenvalue weighted by Gasteiger charge is -2.37. The van der Waals surface area contributed by atoms with Crippen LogP contribution in [0.5, 0.6) is 11.5 Å². The van der Waals surface area contributed by atoms with E-state index in [0.29, 0.717) is 42.4 Å². The second kappa shape index (κ2) is 9.78. The van der Waals surface area contributed by atoms with E-state index in [0.717, 1.165) is 18.4 Å². The summed E-state index contributed by atoms with van der Waals surface area (Å²) in [5, 5.41) is 1.89. The van der Waals surface area contributed by atoms with Gasteiger partial charge in [-0.05, 0) is 55.3 Å². The Morgan fingerprint density at radius 2 is 1.97 bits per heavy atom. The first kappa shape index (κ1) is 21.2. The van der Waals surface area contributed by atoms with Crippen molar-refractivity contribution in [2.24, 2.45) is 0 Å². The smallest absolute Gasteiger partial charge is 0.264 e. The monoisotopic (exact) mass is 416 g/mol. The number of hydrogen-bond donors (Lipinski definition) is 0. The topological polar surface area (TPSA) is 59.1 Å². The van der Waals surface area contributed by atoms with Crippen LogP contribution in [-0.4, -0.2) is 55.0 Å². The predicted molar refractivity (Wildman–Crippen MR) is 114 cm³/mol. The normalized spacial score (nSPS) is 16.4. The number of thiophene rings is 1. The van der Waals surface area contributed by atoms with Crippen LogP contribution in [0.4, 0.5) is 0 Å². The summed E-state index contributed by atoms with van der Waals surface area (Å²) in [6.07, 6.45) is 2.60. The summed E-state index contributed by atoms with van der Waals surface area (Å²) in [5.74, 6) is 1.26. The fraction of sp³-hybridized carbons (Fsp3) is 0.455. The molecule has 7 heteroatoms. The van der Waals surface area contributed by atoms with Crippen molar-refractivity contribution in [1.29, 1.82) is 0 Å². The van der Waals surface area contributed by atoms with E-state index in [1.165, 1.54) is 11.3 Å². The number of nitrogens with zero attached hydrogens (tertiary/aromatic N) is 2. The molecule has 1 atom stereocenters. The van der Waals surface area contributed by atoms with Crippen molar-refractivity contribution in [3.05, 3.63) is 46.2 Å². The van der Waals surface area contributed by atoms with Crippen molar-refractivity contribution < 1.29 is 19.1 Å². The van der Waals surface area contributed by atoms with Gasteiger partial charge >= 0.3 is 0 Å². The number of ether oxygens (including phenoxy) is 2. The fourth-order valence-corrected chi connectivity index (χ4v) is 4.41.